The maximum atomic E-state index is 13.4. The van der Waals surface area contributed by atoms with Gasteiger partial charge in [-0.25, -0.2) is 0 Å². The number of carbonyl (C=O) groups excluding carboxylic acids is 2. The average Bonchev–Trinajstić information content (AvgIpc) is 3.47. The zero-order valence-electron chi connectivity index (χ0n) is 15.7. The Kier molecular flexibility index (Phi) is 4.61. The van der Waals surface area contributed by atoms with E-state index in [2.05, 4.69) is 0 Å². The van der Waals surface area contributed by atoms with Crippen LogP contribution >= 0.6 is 23.2 Å². The summed E-state index contributed by atoms with van der Waals surface area (Å²) in [5.74, 6) is -1.74. The first kappa shape index (κ1) is 19.5. The molecule has 2 aromatic carbocycles. The van der Waals surface area contributed by atoms with Gasteiger partial charge in [-0.05, 0) is 60.7 Å². The third-order valence-corrected chi connectivity index (χ3v) is 5.56. The Morgan fingerprint density at radius 1 is 1.00 bits per heavy atom. The monoisotopic (exact) mass is 453 g/mol. The molecule has 6 nitrogen and oxygen atoms in total. The smallest absolute Gasteiger partial charge is 0.294 e. The van der Waals surface area contributed by atoms with Crippen LogP contribution in [0.5, 0.6) is 0 Å². The molecule has 5 rings (SSSR count). The summed E-state index contributed by atoms with van der Waals surface area (Å²) in [4.78, 5) is 27.7. The molecule has 1 aliphatic rings. The number of fused-ring (bicyclic) bond motifs is 1. The minimum atomic E-state index is -0.979. The SMILES string of the molecule is O=C(C1=C(O)C(=O)N(c2ccc(Cl)cc2)C1c1ccco1)c1cc2cc(Cl)ccc2o1. The molecule has 154 valence electrons. The summed E-state index contributed by atoms with van der Waals surface area (Å²) >= 11 is 12.0. The fourth-order valence-corrected chi connectivity index (χ4v) is 3.99. The van der Waals surface area contributed by atoms with E-state index in [4.69, 9.17) is 32.0 Å². The lowest BCUT2D eigenvalue weighted by atomic mass is 9.99. The van der Waals surface area contributed by atoms with Crippen molar-refractivity contribution in [2.45, 2.75) is 6.04 Å². The molecule has 1 N–H and O–H groups in total. The summed E-state index contributed by atoms with van der Waals surface area (Å²) in [6.07, 6.45) is 1.43. The fourth-order valence-electron chi connectivity index (χ4n) is 3.68. The van der Waals surface area contributed by atoms with Crippen molar-refractivity contribution in [1.29, 1.82) is 0 Å². The topological polar surface area (TPSA) is 83.9 Å². The number of Topliss-reactive ketones (excluding diaryl/α,β-unsaturated/α-hetero) is 1. The third kappa shape index (κ3) is 3.21. The van der Waals surface area contributed by atoms with Gasteiger partial charge in [-0.1, -0.05) is 23.2 Å². The highest BCUT2D eigenvalue weighted by Crippen LogP contribution is 2.42. The summed E-state index contributed by atoms with van der Waals surface area (Å²) in [6.45, 7) is 0. The van der Waals surface area contributed by atoms with Crippen molar-refractivity contribution < 1.29 is 23.5 Å². The van der Waals surface area contributed by atoms with Crippen molar-refractivity contribution in [3.8, 4) is 0 Å². The molecule has 0 fully saturated rings. The number of nitrogens with zero attached hydrogens (tertiary/aromatic N) is 1. The van der Waals surface area contributed by atoms with Crippen LogP contribution in [0.15, 0.2) is 87.1 Å². The van der Waals surface area contributed by atoms with E-state index in [1.807, 2.05) is 0 Å². The predicted octanol–water partition coefficient (Wildman–Crippen LogP) is 6.12. The Morgan fingerprint density at radius 2 is 1.74 bits per heavy atom. The lowest BCUT2D eigenvalue weighted by molar-refractivity contribution is -0.117. The van der Waals surface area contributed by atoms with Crippen LogP contribution in [0, 0.1) is 0 Å². The van der Waals surface area contributed by atoms with Crippen LogP contribution in [0.3, 0.4) is 0 Å². The van der Waals surface area contributed by atoms with E-state index in [1.165, 1.54) is 17.2 Å². The van der Waals surface area contributed by atoms with E-state index >= 15 is 0 Å². The van der Waals surface area contributed by atoms with E-state index in [0.717, 1.165) is 0 Å². The van der Waals surface area contributed by atoms with Crippen LogP contribution in [0.1, 0.15) is 22.4 Å². The Bertz CT molecular complexity index is 1350. The first-order valence-electron chi connectivity index (χ1n) is 9.23. The highest BCUT2D eigenvalue weighted by Gasteiger charge is 2.46. The zero-order chi connectivity index (χ0) is 21.7. The molecule has 4 aromatic rings. The molecule has 2 aromatic heterocycles. The van der Waals surface area contributed by atoms with Crippen LogP contribution in [0.25, 0.3) is 11.0 Å². The molecule has 0 bridgehead atoms. The number of aliphatic hydroxyl groups excluding tert-OH is 1. The van der Waals surface area contributed by atoms with E-state index in [0.29, 0.717) is 32.5 Å². The van der Waals surface area contributed by atoms with Gasteiger partial charge in [-0.2, -0.15) is 0 Å². The molecule has 31 heavy (non-hydrogen) atoms. The Hall–Kier alpha value is -3.48. The Morgan fingerprint density at radius 3 is 2.45 bits per heavy atom. The number of carbonyl (C=O) groups is 2. The van der Waals surface area contributed by atoms with Gasteiger partial charge in [0.2, 0.25) is 5.78 Å². The van der Waals surface area contributed by atoms with Crippen LogP contribution in [-0.4, -0.2) is 16.8 Å². The van der Waals surface area contributed by atoms with Gasteiger partial charge in [0.25, 0.3) is 5.91 Å². The zero-order valence-corrected chi connectivity index (χ0v) is 17.2. The summed E-state index contributed by atoms with van der Waals surface area (Å²) < 4.78 is 11.2. The largest absolute Gasteiger partial charge is 0.503 e. The van der Waals surface area contributed by atoms with Gasteiger partial charge in [0, 0.05) is 21.1 Å². The van der Waals surface area contributed by atoms with Crippen LogP contribution in [-0.2, 0) is 4.79 Å². The Labute approximate surface area is 185 Å². The molecule has 0 saturated heterocycles. The highest BCUT2D eigenvalue weighted by molar-refractivity contribution is 6.31. The summed E-state index contributed by atoms with van der Waals surface area (Å²) in [6, 6.07) is 15.2. The fraction of sp³-hybridized carbons (Fsp3) is 0.0435. The lowest BCUT2D eigenvalue weighted by Crippen LogP contribution is -2.30. The van der Waals surface area contributed by atoms with E-state index in [1.54, 1.807) is 54.6 Å². The van der Waals surface area contributed by atoms with Gasteiger partial charge in [-0.15, -0.1) is 0 Å². The molecular formula is C23H13Cl2NO5. The highest BCUT2D eigenvalue weighted by atomic mass is 35.5. The average molecular weight is 454 g/mol. The number of anilines is 1. The molecule has 1 amide bonds. The lowest BCUT2D eigenvalue weighted by Gasteiger charge is -2.24. The molecule has 1 atom stereocenters. The molecule has 8 heteroatoms. The molecule has 0 saturated carbocycles. The predicted molar refractivity (Wildman–Crippen MR) is 116 cm³/mol. The number of hydrogen-bond acceptors (Lipinski definition) is 5. The van der Waals surface area contributed by atoms with Crippen LogP contribution < -0.4 is 4.90 Å². The minimum Gasteiger partial charge on any atom is -0.503 e. The number of aliphatic hydroxyl groups is 1. The van der Waals surface area contributed by atoms with E-state index in [-0.39, 0.29) is 11.3 Å². The standard InChI is InChI=1S/C23H13Cl2NO5/c24-13-3-6-15(7-4-13)26-20(17-2-1-9-30-17)19(22(28)23(26)29)21(27)18-11-12-10-14(25)5-8-16(12)31-18/h1-11,20,28H. The van der Waals surface area contributed by atoms with Gasteiger partial charge in [0.1, 0.15) is 17.4 Å². The number of benzene rings is 2. The molecule has 3 heterocycles. The van der Waals surface area contributed by atoms with Crippen LogP contribution in [0.2, 0.25) is 10.0 Å². The van der Waals surface area contributed by atoms with Crippen molar-refractivity contribution in [3.63, 3.8) is 0 Å². The first-order chi connectivity index (χ1) is 14.9. The van der Waals surface area contributed by atoms with Crippen molar-refractivity contribution >= 4 is 51.5 Å². The van der Waals surface area contributed by atoms with Gasteiger partial charge in [0.15, 0.2) is 11.5 Å². The maximum absolute atomic E-state index is 13.4. The van der Waals surface area contributed by atoms with Gasteiger partial charge >= 0.3 is 0 Å². The Balaban J connectivity index is 1.63. The van der Waals surface area contributed by atoms with Gasteiger partial charge in [-0.3, -0.25) is 14.5 Å². The third-order valence-electron chi connectivity index (χ3n) is 5.07. The second kappa shape index (κ2) is 7.34. The summed E-state index contributed by atoms with van der Waals surface area (Å²) in [7, 11) is 0. The second-order valence-electron chi connectivity index (χ2n) is 6.95. The molecular weight excluding hydrogens is 441 g/mol. The molecule has 1 aliphatic heterocycles. The number of furan rings is 2. The van der Waals surface area contributed by atoms with E-state index < -0.39 is 23.5 Å². The number of hydrogen-bond donors (Lipinski definition) is 1. The van der Waals surface area contributed by atoms with E-state index in [9.17, 15) is 14.7 Å². The molecule has 0 spiro atoms. The van der Waals surface area contributed by atoms with Crippen molar-refractivity contribution in [2.75, 3.05) is 4.90 Å². The number of ketones is 1. The quantitative estimate of drug-likeness (QED) is 0.376. The number of amides is 1. The van der Waals surface area contributed by atoms with Crippen molar-refractivity contribution in [2.24, 2.45) is 0 Å². The van der Waals surface area contributed by atoms with Crippen LogP contribution in [0.4, 0.5) is 5.69 Å². The minimum absolute atomic E-state index is 0.0267. The summed E-state index contributed by atoms with van der Waals surface area (Å²) in [5, 5.41) is 12.3. The molecule has 0 radical (unpaired) electrons. The molecule has 1 unspecified atom stereocenters. The normalized spacial score (nSPS) is 16.5. The molecule has 0 aliphatic carbocycles. The van der Waals surface area contributed by atoms with Gasteiger partial charge < -0.3 is 13.9 Å². The van der Waals surface area contributed by atoms with Gasteiger partial charge in [0.05, 0.1) is 11.8 Å². The number of rotatable bonds is 4. The number of halogens is 2. The van der Waals surface area contributed by atoms with Crippen molar-refractivity contribution in [1.82, 2.24) is 0 Å². The first-order valence-corrected chi connectivity index (χ1v) is 9.99. The summed E-state index contributed by atoms with van der Waals surface area (Å²) in [5.41, 5.74) is 0.767. The van der Waals surface area contributed by atoms with Crippen molar-refractivity contribution in [3.05, 3.63) is 99.8 Å². The second-order valence-corrected chi connectivity index (χ2v) is 7.83. The maximum Gasteiger partial charge on any atom is 0.294 e.